The Labute approximate surface area is 115 Å². The Morgan fingerprint density at radius 3 is 2.55 bits per heavy atom. The van der Waals surface area contributed by atoms with Crippen LogP contribution in [0.2, 0.25) is 0 Å². The quantitative estimate of drug-likeness (QED) is 0.722. The number of nitrogen functional groups attached to an aromatic ring is 1. The van der Waals surface area contributed by atoms with Gasteiger partial charge < -0.3 is 10.2 Å². The first-order valence-electron chi connectivity index (χ1n) is 6.60. The van der Waals surface area contributed by atoms with Crippen molar-refractivity contribution in [1.29, 1.82) is 0 Å². The van der Waals surface area contributed by atoms with Gasteiger partial charge in [-0.2, -0.15) is 0 Å². The van der Waals surface area contributed by atoms with Gasteiger partial charge in [-0.3, -0.25) is 0 Å². The van der Waals surface area contributed by atoms with Crippen LogP contribution in [0.15, 0.2) is 46.9 Å². The molecule has 20 heavy (non-hydrogen) atoms. The van der Waals surface area contributed by atoms with Crippen molar-refractivity contribution in [1.82, 2.24) is 4.98 Å². The lowest BCUT2D eigenvalue weighted by Gasteiger charge is -2.11. The highest BCUT2D eigenvalue weighted by atomic mass is 19.1. The van der Waals surface area contributed by atoms with Gasteiger partial charge >= 0.3 is 0 Å². The number of fused-ring (bicyclic) bond motifs is 1. The molecule has 1 aliphatic rings. The van der Waals surface area contributed by atoms with Crippen LogP contribution in [-0.2, 0) is 5.41 Å². The summed E-state index contributed by atoms with van der Waals surface area (Å²) >= 11 is 0. The highest BCUT2D eigenvalue weighted by Crippen LogP contribution is 2.53. The van der Waals surface area contributed by atoms with Crippen molar-refractivity contribution in [2.45, 2.75) is 18.3 Å². The molecule has 0 atom stereocenters. The maximum atomic E-state index is 13.2. The summed E-state index contributed by atoms with van der Waals surface area (Å²) in [5.74, 6) is 0.361. The molecule has 0 unspecified atom stereocenters. The number of benzene rings is 2. The number of nitrogens with two attached hydrogens (primary N) is 1. The summed E-state index contributed by atoms with van der Waals surface area (Å²) in [5, 5.41) is 0. The lowest BCUT2D eigenvalue weighted by atomic mass is 9.96. The first-order chi connectivity index (χ1) is 9.67. The Balaban J connectivity index is 1.83. The average Bonchev–Trinajstić information content (AvgIpc) is 3.14. The third-order valence-electron chi connectivity index (χ3n) is 3.97. The van der Waals surface area contributed by atoms with Crippen LogP contribution in [0.1, 0.15) is 24.3 Å². The van der Waals surface area contributed by atoms with Crippen molar-refractivity contribution < 1.29 is 8.81 Å². The summed E-state index contributed by atoms with van der Waals surface area (Å²) in [6.07, 6.45) is 1.98. The summed E-state index contributed by atoms with van der Waals surface area (Å²) < 4.78 is 19.0. The molecule has 100 valence electrons. The van der Waals surface area contributed by atoms with E-state index in [-0.39, 0.29) is 11.2 Å². The van der Waals surface area contributed by atoms with Crippen molar-refractivity contribution in [3.05, 3.63) is 59.7 Å². The van der Waals surface area contributed by atoms with Gasteiger partial charge in [0, 0.05) is 11.8 Å². The molecule has 3 nitrogen and oxygen atoms in total. The molecule has 0 radical (unpaired) electrons. The minimum Gasteiger partial charge on any atom is -0.440 e. The van der Waals surface area contributed by atoms with Crippen molar-refractivity contribution in [3.8, 4) is 0 Å². The molecule has 3 aromatic rings. The first kappa shape index (κ1) is 11.5. The van der Waals surface area contributed by atoms with E-state index >= 15 is 0 Å². The number of oxazole rings is 1. The Hall–Kier alpha value is -2.36. The van der Waals surface area contributed by atoms with E-state index in [1.165, 1.54) is 12.1 Å². The third kappa shape index (κ3) is 1.61. The summed E-state index contributed by atoms with van der Waals surface area (Å²) in [6, 6.07) is 12.2. The molecule has 2 aromatic carbocycles. The van der Waals surface area contributed by atoms with Crippen LogP contribution in [0.3, 0.4) is 0 Å². The van der Waals surface area contributed by atoms with Crippen LogP contribution >= 0.6 is 0 Å². The summed E-state index contributed by atoms with van der Waals surface area (Å²) in [7, 11) is 0. The second-order valence-corrected chi connectivity index (χ2v) is 5.34. The van der Waals surface area contributed by atoms with E-state index in [0.717, 1.165) is 24.1 Å². The van der Waals surface area contributed by atoms with Gasteiger partial charge in [0.05, 0.1) is 5.41 Å². The predicted molar refractivity (Wildman–Crippen MR) is 74.8 cm³/mol. The molecule has 1 heterocycles. The van der Waals surface area contributed by atoms with E-state index in [0.29, 0.717) is 17.0 Å². The zero-order valence-corrected chi connectivity index (χ0v) is 10.8. The van der Waals surface area contributed by atoms with E-state index in [1.807, 2.05) is 24.3 Å². The van der Waals surface area contributed by atoms with Gasteiger partial charge in [0.15, 0.2) is 5.58 Å². The Kier molecular flexibility index (Phi) is 2.19. The van der Waals surface area contributed by atoms with Crippen molar-refractivity contribution >= 4 is 16.8 Å². The highest BCUT2D eigenvalue weighted by Gasteiger charge is 2.50. The molecule has 0 saturated heterocycles. The van der Waals surface area contributed by atoms with Crippen LogP contribution in [0.5, 0.6) is 0 Å². The molecule has 0 amide bonds. The smallest absolute Gasteiger partial charge is 0.206 e. The minimum absolute atomic E-state index is 0.163. The van der Waals surface area contributed by atoms with Gasteiger partial charge in [-0.25, -0.2) is 9.37 Å². The zero-order valence-electron chi connectivity index (χ0n) is 10.8. The van der Waals surface area contributed by atoms with Gasteiger partial charge in [-0.15, -0.1) is 0 Å². The molecule has 4 heteroatoms. The van der Waals surface area contributed by atoms with Crippen LogP contribution in [0.25, 0.3) is 11.1 Å². The van der Waals surface area contributed by atoms with Gasteiger partial charge in [-0.1, -0.05) is 12.1 Å². The molecule has 4 rings (SSSR count). The van der Waals surface area contributed by atoms with Gasteiger partial charge in [0.1, 0.15) is 11.3 Å². The fraction of sp³-hybridized carbons (Fsp3) is 0.188. The number of rotatable bonds is 2. The number of hydrogen-bond donors (Lipinski definition) is 1. The molecule has 0 bridgehead atoms. The van der Waals surface area contributed by atoms with E-state index in [9.17, 15) is 4.39 Å². The normalized spacial score (nSPS) is 16.4. The second-order valence-electron chi connectivity index (χ2n) is 5.34. The van der Waals surface area contributed by atoms with Crippen LogP contribution in [-0.4, -0.2) is 4.98 Å². The van der Waals surface area contributed by atoms with Gasteiger partial charge in [-0.05, 0) is 42.7 Å². The number of anilines is 1. The maximum Gasteiger partial charge on any atom is 0.206 e. The molecule has 1 saturated carbocycles. The van der Waals surface area contributed by atoms with Gasteiger partial charge in [0.2, 0.25) is 5.89 Å². The molecule has 0 spiro atoms. The Morgan fingerprint density at radius 1 is 1.10 bits per heavy atom. The Bertz CT molecular complexity index is 788. The number of halogens is 1. The predicted octanol–water partition coefficient (Wildman–Crippen LogP) is 3.63. The van der Waals surface area contributed by atoms with E-state index in [2.05, 4.69) is 4.98 Å². The Morgan fingerprint density at radius 2 is 1.85 bits per heavy atom. The topological polar surface area (TPSA) is 52.0 Å². The molecular weight excluding hydrogens is 255 g/mol. The van der Waals surface area contributed by atoms with E-state index in [4.69, 9.17) is 10.2 Å². The van der Waals surface area contributed by atoms with Crippen molar-refractivity contribution in [3.63, 3.8) is 0 Å². The largest absolute Gasteiger partial charge is 0.440 e. The fourth-order valence-electron chi connectivity index (χ4n) is 2.66. The summed E-state index contributed by atoms with van der Waals surface area (Å²) in [6.45, 7) is 0. The van der Waals surface area contributed by atoms with Crippen LogP contribution in [0, 0.1) is 5.82 Å². The molecule has 1 aliphatic carbocycles. The maximum absolute atomic E-state index is 13.2. The number of hydrogen-bond acceptors (Lipinski definition) is 3. The van der Waals surface area contributed by atoms with Crippen LogP contribution in [0.4, 0.5) is 10.1 Å². The average molecular weight is 268 g/mol. The first-order valence-corrected chi connectivity index (χ1v) is 6.60. The van der Waals surface area contributed by atoms with Crippen molar-refractivity contribution in [2.75, 3.05) is 5.73 Å². The highest BCUT2D eigenvalue weighted by molar-refractivity contribution is 5.73. The fourth-order valence-corrected chi connectivity index (χ4v) is 2.66. The molecule has 1 aromatic heterocycles. The molecule has 0 aliphatic heterocycles. The van der Waals surface area contributed by atoms with Crippen LogP contribution < -0.4 is 5.73 Å². The number of nitrogens with zero attached hydrogens (tertiary/aromatic N) is 1. The van der Waals surface area contributed by atoms with Crippen molar-refractivity contribution in [2.24, 2.45) is 0 Å². The lowest BCUT2D eigenvalue weighted by Crippen LogP contribution is -2.08. The van der Waals surface area contributed by atoms with E-state index in [1.54, 1.807) is 6.07 Å². The molecular formula is C16H13FN2O. The van der Waals surface area contributed by atoms with E-state index < -0.39 is 0 Å². The van der Waals surface area contributed by atoms with Gasteiger partial charge in [0.25, 0.3) is 0 Å². The monoisotopic (exact) mass is 268 g/mol. The molecule has 1 fully saturated rings. The number of aromatic nitrogens is 1. The standard InChI is InChI=1S/C16H13FN2O/c17-11-3-6-13-14(9-11)20-15(19-13)16(7-8-16)10-1-4-12(18)5-2-10/h1-6,9H,7-8,18H2. The minimum atomic E-state index is -0.308. The second kappa shape index (κ2) is 3.82. The molecule has 2 N–H and O–H groups in total. The third-order valence-corrected chi connectivity index (χ3v) is 3.97. The zero-order chi connectivity index (χ0) is 13.7. The lowest BCUT2D eigenvalue weighted by molar-refractivity contribution is 0.490. The summed E-state index contributed by atoms with van der Waals surface area (Å²) in [4.78, 5) is 4.52. The SMILES string of the molecule is Nc1ccc(C2(c3nc4ccc(F)cc4o3)CC2)cc1. The summed E-state index contributed by atoms with van der Waals surface area (Å²) in [5.41, 5.74) is 8.65.